The van der Waals surface area contributed by atoms with Crippen molar-refractivity contribution < 1.29 is 13.5 Å². The Balaban J connectivity index is 2.33. The van der Waals surface area contributed by atoms with Crippen LogP contribution in [0.4, 0.5) is 8.78 Å². The number of halogens is 2. The van der Waals surface area contributed by atoms with E-state index in [1.165, 1.54) is 12.1 Å². The van der Waals surface area contributed by atoms with Gasteiger partial charge in [0, 0.05) is 11.6 Å². The predicted octanol–water partition coefficient (Wildman–Crippen LogP) is 2.81. The molecule has 0 saturated carbocycles. The Morgan fingerprint density at radius 2 is 1.92 bits per heavy atom. The second-order valence-electron chi connectivity index (χ2n) is 3.77. The van der Waals surface area contributed by atoms with Gasteiger partial charge in [0.25, 0.3) is 0 Å². The van der Waals surface area contributed by atoms with Gasteiger partial charge in [0.2, 0.25) is 0 Å². The first-order valence-corrected chi connectivity index (χ1v) is 4.13. The maximum absolute atomic E-state index is 13.2. The molecule has 0 bridgehead atoms. The number of rotatable bonds is 1. The van der Waals surface area contributed by atoms with Gasteiger partial charge in [0.15, 0.2) is 0 Å². The molecule has 1 aromatic rings. The van der Waals surface area contributed by atoms with E-state index in [9.17, 15) is 8.78 Å². The van der Waals surface area contributed by atoms with Crippen LogP contribution >= 0.6 is 0 Å². The predicted molar refractivity (Wildman–Crippen MR) is 44.3 cm³/mol. The highest BCUT2D eigenvalue weighted by Crippen LogP contribution is 2.49. The summed E-state index contributed by atoms with van der Waals surface area (Å²) >= 11 is 0. The Bertz CT molecular complexity index is 347. The highest BCUT2D eigenvalue weighted by Gasteiger charge is 2.49. The van der Waals surface area contributed by atoms with Crippen LogP contribution in [0.2, 0.25) is 0 Å². The fourth-order valence-corrected chi connectivity index (χ4v) is 1.42. The fourth-order valence-electron chi connectivity index (χ4n) is 1.42. The molecule has 1 unspecified atom stereocenters. The van der Waals surface area contributed by atoms with E-state index in [1.54, 1.807) is 0 Å². The lowest BCUT2D eigenvalue weighted by Crippen LogP contribution is -1.99. The van der Waals surface area contributed by atoms with Crippen LogP contribution in [-0.2, 0) is 4.74 Å². The first kappa shape index (κ1) is 8.63. The Hall–Kier alpha value is -0.960. The van der Waals surface area contributed by atoms with E-state index in [2.05, 4.69) is 0 Å². The Morgan fingerprint density at radius 1 is 1.31 bits per heavy atom. The van der Waals surface area contributed by atoms with Crippen molar-refractivity contribution in [2.75, 3.05) is 0 Å². The summed E-state index contributed by atoms with van der Waals surface area (Å²) in [4.78, 5) is 0. The third-order valence-electron chi connectivity index (χ3n) is 2.24. The van der Waals surface area contributed by atoms with Crippen molar-refractivity contribution in [2.24, 2.45) is 0 Å². The second-order valence-corrected chi connectivity index (χ2v) is 3.77. The maximum atomic E-state index is 13.2. The van der Waals surface area contributed by atoms with E-state index in [4.69, 9.17) is 4.74 Å². The van der Waals surface area contributed by atoms with E-state index < -0.39 is 11.6 Å². The topological polar surface area (TPSA) is 12.5 Å². The molecule has 1 aromatic carbocycles. The second kappa shape index (κ2) is 2.51. The number of hydrogen-bond acceptors (Lipinski definition) is 1. The van der Waals surface area contributed by atoms with Gasteiger partial charge in [-0.05, 0) is 19.9 Å². The average Bonchev–Trinajstić information content (AvgIpc) is 2.59. The molecule has 0 aromatic heterocycles. The summed E-state index contributed by atoms with van der Waals surface area (Å²) < 4.78 is 31.0. The van der Waals surface area contributed by atoms with Gasteiger partial charge in [-0.1, -0.05) is 6.07 Å². The van der Waals surface area contributed by atoms with E-state index in [1.807, 2.05) is 13.8 Å². The van der Waals surface area contributed by atoms with E-state index >= 15 is 0 Å². The van der Waals surface area contributed by atoms with Crippen molar-refractivity contribution in [2.45, 2.75) is 25.6 Å². The van der Waals surface area contributed by atoms with Crippen LogP contribution in [0.1, 0.15) is 25.5 Å². The van der Waals surface area contributed by atoms with Crippen LogP contribution in [0.3, 0.4) is 0 Å². The van der Waals surface area contributed by atoms with Gasteiger partial charge >= 0.3 is 0 Å². The molecule has 13 heavy (non-hydrogen) atoms. The lowest BCUT2D eigenvalue weighted by Gasteiger charge is -2.00. The van der Waals surface area contributed by atoms with Gasteiger partial charge in [-0.3, -0.25) is 0 Å². The molecule has 0 N–H and O–H groups in total. The molecule has 1 aliphatic rings. The number of epoxide rings is 1. The molecule has 1 atom stereocenters. The largest absolute Gasteiger partial charge is 0.361 e. The summed E-state index contributed by atoms with van der Waals surface area (Å²) in [6.45, 7) is 3.75. The standard InChI is InChI=1S/C10H10F2O/c1-10(2)9(13-10)7-4-3-6(11)5-8(7)12/h3-5,9H,1-2H3. The summed E-state index contributed by atoms with van der Waals surface area (Å²) in [6.07, 6.45) is -0.229. The van der Waals surface area contributed by atoms with Crippen LogP contribution in [0.15, 0.2) is 18.2 Å². The molecule has 1 fully saturated rings. The third-order valence-corrected chi connectivity index (χ3v) is 2.24. The number of benzene rings is 1. The molecule has 1 aliphatic heterocycles. The van der Waals surface area contributed by atoms with Crippen LogP contribution in [0, 0.1) is 11.6 Å². The minimum atomic E-state index is -0.556. The minimum absolute atomic E-state index is 0.229. The van der Waals surface area contributed by atoms with Crippen molar-refractivity contribution in [1.82, 2.24) is 0 Å². The zero-order chi connectivity index (χ0) is 9.64. The molecule has 3 heteroatoms. The van der Waals surface area contributed by atoms with Gasteiger partial charge in [0.05, 0.1) is 5.60 Å². The lowest BCUT2D eigenvalue weighted by molar-refractivity contribution is 0.323. The molecule has 2 rings (SSSR count). The highest BCUT2D eigenvalue weighted by molar-refractivity contribution is 5.27. The molecule has 1 heterocycles. The van der Waals surface area contributed by atoms with Gasteiger partial charge in [0.1, 0.15) is 17.7 Å². The first-order valence-electron chi connectivity index (χ1n) is 4.13. The monoisotopic (exact) mass is 184 g/mol. The molecule has 0 amide bonds. The Morgan fingerprint density at radius 3 is 2.38 bits per heavy atom. The highest BCUT2D eigenvalue weighted by atomic mass is 19.1. The molecule has 1 nitrogen and oxygen atoms in total. The SMILES string of the molecule is CC1(C)OC1c1ccc(F)cc1F. The van der Waals surface area contributed by atoms with Crippen molar-refractivity contribution in [1.29, 1.82) is 0 Å². The molecular weight excluding hydrogens is 174 g/mol. The zero-order valence-corrected chi connectivity index (χ0v) is 7.47. The van der Waals surface area contributed by atoms with Gasteiger partial charge < -0.3 is 4.74 Å². The molecule has 1 saturated heterocycles. The van der Waals surface area contributed by atoms with Crippen LogP contribution in [0.5, 0.6) is 0 Å². The smallest absolute Gasteiger partial charge is 0.132 e. The van der Waals surface area contributed by atoms with Crippen LogP contribution in [-0.4, -0.2) is 5.60 Å². The fraction of sp³-hybridized carbons (Fsp3) is 0.400. The molecule has 70 valence electrons. The van der Waals surface area contributed by atoms with E-state index in [0.717, 1.165) is 6.07 Å². The van der Waals surface area contributed by atoms with Crippen molar-refractivity contribution >= 4 is 0 Å². The summed E-state index contributed by atoms with van der Waals surface area (Å²) in [5.41, 5.74) is 0.130. The molecule has 0 radical (unpaired) electrons. The third kappa shape index (κ3) is 1.44. The quantitative estimate of drug-likeness (QED) is 0.611. The molecule has 0 aliphatic carbocycles. The first-order chi connectivity index (χ1) is 6.00. The number of ether oxygens (including phenoxy) is 1. The zero-order valence-electron chi connectivity index (χ0n) is 7.47. The lowest BCUT2D eigenvalue weighted by atomic mass is 10.0. The summed E-state index contributed by atoms with van der Waals surface area (Å²) in [7, 11) is 0. The van der Waals surface area contributed by atoms with E-state index in [0.29, 0.717) is 5.56 Å². The normalized spacial score (nSPS) is 24.5. The van der Waals surface area contributed by atoms with Gasteiger partial charge in [-0.25, -0.2) is 8.78 Å². The Kier molecular flexibility index (Phi) is 1.67. The van der Waals surface area contributed by atoms with Gasteiger partial charge in [-0.2, -0.15) is 0 Å². The maximum Gasteiger partial charge on any atom is 0.132 e. The molecular formula is C10H10F2O. The Labute approximate surface area is 75.3 Å². The summed E-state index contributed by atoms with van der Waals surface area (Å²) in [5, 5.41) is 0. The van der Waals surface area contributed by atoms with Crippen LogP contribution in [0.25, 0.3) is 0 Å². The average molecular weight is 184 g/mol. The van der Waals surface area contributed by atoms with Crippen molar-refractivity contribution in [3.05, 3.63) is 35.4 Å². The van der Waals surface area contributed by atoms with Crippen LogP contribution < -0.4 is 0 Å². The van der Waals surface area contributed by atoms with Crippen molar-refractivity contribution in [3.63, 3.8) is 0 Å². The minimum Gasteiger partial charge on any atom is -0.361 e. The van der Waals surface area contributed by atoms with Gasteiger partial charge in [-0.15, -0.1) is 0 Å². The molecule has 0 spiro atoms. The van der Waals surface area contributed by atoms with Crippen molar-refractivity contribution in [3.8, 4) is 0 Å². The summed E-state index contributed by atoms with van der Waals surface area (Å²) in [5.74, 6) is -1.09. The number of hydrogen-bond donors (Lipinski definition) is 0. The van der Waals surface area contributed by atoms with E-state index in [-0.39, 0.29) is 11.7 Å². The summed E-state index contributed by atoms with van der Waals surface area (Å²) in [6, 6.07) is 3.56.